The fourth-order valence-corrected chi connectivity index (χ4v) is 3.54. The normalized spacial score (nSPS) is 12.2. The van der Waals surface area contributed by atoms with E-state index < -0.39 is 0 Å². The van der Waals surface area contributed by atoms with Crippen LogP contribution in [0.15, 0.2) is 29.2 Å². The van der Waals surface area contributed by atoms with E-state index in [-0.39, 0.29) is 11.2 Å². The number of nitrogens with zero attached hydrogens (tertiary/aromatic N) is 3. The van der Waals surface area contributed by atoms with Crippen LogP contribution in [0.5, 0.6) is 0 Å². The van der Waals surface area contributed by atoms with Gasteiger partial charge < -0.3 is 4.90 Å². The van der Waals surface area contributed by atoms with Crippen LogP contribution in [-0.4, -0.2) is 32.7 Å². The molecule has 1 heterocycles. The Morgan fingerprint density at radius 1 is 1.33 bits per heavy atom. The number of amides is 1. The topological polar surface area (TPSA) is 46.1 Å². The second-order valence-corrected chi connectivity index (χ2v) is 7.30. The van der Waals surface area contributed by atoms with Gasteiger partial charge in [-0.3, -0.25) is 4.79 Å². The molecule has 0 aliphatic carbocycles. The zero-order valence-corrected chi connectivity index (χ0v) is 14.3. The van der Waals surface area contributed by atoms with Gasteiger partial charge in [-0.2, -0.15) is 0 Å². The van der Waals surface area contributed by atoms with Crippen molar-refractivity contribution in [2.45, 2.75) is 37.5 Å². The van der Waals surface area contributed by atoms with Crippen molar-refractivity contribution < 1.29 is 4.79 Å². The van der Waals surface area contributed by atoms with Crippen molar-refractivity contribution in [3.05, 3.63) is 40.4 Å². The molecule has 0 unspecified atom stereocenters. The van der Waals surface area contributed by atoms with Crippen LogP contribution < -0.4 is 0 Å². The molecule has 4 nitrogen and oxygen atoms in total. The van der Waals surface area contributed by atoms with E-state index in [1.165, 1.54) is 17.1 Å². The smallest absolute Gasteiger partial charge is 0.235 e. The van der Waals surface area contributed by atoms with Crippen molar-refractivity contribution in [2.75, 3.05) is 7.05 Å². The lowest BCUT2D eigenvalue weighted by atomic mass is 10.2. The maximum atomic E-state index is 12.4. The summed E-state index contributed by atoms with van der Waals surface area (Å²) in [7, 11) is 1.83. The average Bonchev–Trinajstić information content (AvgIpc) is 2.86. The minimum absolute atomic E-state index is 0.112. The van der Waals surface area contributed by atoms with Crippen LogP contribution in [0, 0.1) is 13.8 Å². The molecule has 0 saturated carbocycles. The molecule has 0 bridgehead atoms. The fourth-order valence-electron chi connectivity index (χ4n) is 1.87. The second-order valence-electron chi connectivity index (χ2n) is 5.05. The minimum atomic E-state index is -0.112. The van der Waals surface area contributed by atoms with E-state index in [1.807, 2.05) is 20.9 Å². The van der Waals surface area contributed by atoms with Crippen molar-refractivity contribution in [1.29, 1.82) is 0 Å². The summed E-state index contributed by atoms with van der Waals surface area (Å²) in [6, 6.07) is 8.24. The Morgan fingerprint density at radius 3 is 2.57 bits per heavy atom. The van der Waals surface area contributed by atoms with E-state index in [1.54, 1.807) is 16.7 Å². The highest BCUT2D eigenvalue weighted by Gasteiger charge is 2.20. The zero-order valence-electron chi connectivity index (χ0n) is 12.7. The molecule has 0 fully saturated rings. The van der Waals surface area contributed by atoms with E-state index in [9.17, 15) is 4.79 Å². The van der Waals surface area contributed by atoms with Crippen molar-refractivity contribution in [3.63, 3.8) is 0 Å². The number of aryl methyl sites for hydroxylation is 2. The Morgan fingerprint density at radius 2 is 2.00 bits per heavy atom. The van der Waals surface area contributed by atoms with Crippen LogP contribution in [0.3, 0.4) is 0 Å². The first-order valence-corrected chi connectivity index (χ1v) is 8.39. The molecule has 0 spiro atoms. The maximum absolute atomic E-state index is 12.4. The van der Waals surface area contributed by atoms with Crippen LogP contribution in [0.1, 0.15) is 23.1 Å². The summed E-state index contributed by atoms with van der Waals surface area (Å²) in [4.78, 5) is 16.3. The van der Waals surface area contributed by atoms with E-state index in [0.29, 0.717) is 6.54 Å². The highest BCUT2D eigenvalue weighted by atomic mass is 32.2. The predicted octanol–water partition coefficient (Wildman–Crippen LogP) is 3.29. The number of aromatic nitrogens is 2. The third kappa shape index (κ3) is 4.28. The highest BCUT2D eigenvalue weighted by Crippen LogP contribution is 2.25. The fraction of sp³-hybridized carbons (Fsp3) is 0.400. The SMILES string of the molecule is Cc1ccc(S[C@H](C)C(=O)N(C)Cc2snnc2C)cc1. The number of carbonyl (C=O) groups is 1. The molecule has 0 saturated heterocycles. The van der Waals surface area contributed by atoms with Crippen LogP contribution in [0.2, 0.25) is 0 Å². The average molecular weight is 321 g/mol. The van der Waals surface area contributed by atoms with Gasteiger partial charge in [-0.05, 0) is 44.4 Å². The predicted molar refractivity (Wildman–Crippen MR) is 87.6 cm³/mol. The number of benzene rings is 1. The van der Waals surface area contributed by atoms with E-state index >= 15 is 0 Å². The molecule has 21 heavy (non-hydrogen) atoms. The van der Waals surface area contributed by atoms with Gasteiger partial charge in [-0.15, -0.1) is 16.9 Å². The first-order chi connectivity index (χ1) is 9.97. The van der Waals surface area contributed by atoms with Gasteiger partial charge in [0.05, 0.1) is 22.4 Å². The van der Waals surface area contributed by atoms with Crippen LogP contribution >= 0.6 is 23.3 Å². The van der Waals surface area contributed by atoms with Gasteiger partial charge in [0.1, 0.15) is 0 Å². The zero-order chi connectivity index (χ0) is 15.4. The van der Waals surface area contributed by atoms with Gasteiger partial charge in [0, 0.05) is 11.9 Å². The molecule has 0 aliphatic heterocycles. The number of thioether (sulfide) groups is 1. The molecule has 1 aromatic heterocycles. The van der Waals surface area contributed by atoms with Gasteiger partial charge in [0.15, 0.2) is 0 Å². The number of hydrogen-bond acceptors (Lipinski definition) is 5. The highest BCUT2D eigenvalue weighted by molar-refractivity contribution is 8.00. The molecule has 112 valence electrons. The summed E-state index contributed by atoms with van der Waals surface area (Å²) in [5, 5.41) is 3.86. The molecule has 0 N–H and O–H groups in total. The first-order valence-electron chi connectivity index (χ1n) is 6.73. The van der Waals surface area contributed by atoms with E-state index in [0.717, 1.165) is 15.5 Å². The van der Waals surface area contributed by atoms with Crippen LogP contribution in [-0.2, 0) is 11.3 Å². The Kier molecular flexibility index (Phi) is 5.36. The number of rotatable bonds is 5. The van der Waals surface area contributed by atoms with E-state index in [4.69, 9.17) is 0 Å². The molecule has 0 radical (unpaired) electrons. The molecule has 2 rings (SSSR count). The Bertz CT molecular complexity index is 610. The van der Waals surface area contributed by atoms with Crippen molar-refractivity contribution in [1.82, 2.24) is 14.5 Å². The molecule has 6 heteroatoms. The van der Waals surface area contributed by atoms with Gasteiger partial charge in [-0.1, -0.05) is 22.2 Å². The molecule has 1 aromatic carbocycles. The summed E-state index contributed by atoms with van der Waals surface area (Å²) in [6.45, 7) is 6.49. The molecule has 1 atom stereocenters. The molecule has 1 amide bonds. The third-order valence-electron chi connectivity index (χ3n) is 3.18. The molecule has 2 aromatic rings. The quantitative estimate of drug-likeness (QED) is 0.793. The van der Waals surface area contributed by atoms with E-state index in [2.05, 4.69) is 40.8 Å². The number of carbonyl (C=O) groups excluding carboxylic acids is 1. The lowest BCUT2D eigenvalue weighted by Gasteiger charge is -2.20. The Hall–Kier alpha value is -1.40. The maximum Gasteiger partial charge on any atom is 0.235 e. The Balaban J connectivity index is 1.95. The Labute approximate surface area is 133 Å². The van der Waals surface area contributed by atoms with Gasteiger partial charge >= 0.3 is 0 Å². The van der Waals surface area contributed by atoms with Crippen molar-refractivity contribution >= 4 is 29.2 Å². The first kappa shape index (κ1) is 16.0. The van der Waals surface area contributed by atoms with Crippen LogP contribution in [0.4, 0.5) is 0 Å². The van der Waals surface area contributed by atoms with Crippen molar-refractivity contribution in [3.8, 4) is 0 Å². The van der Waals surface area contributed by atoms with Crippen molar-refractivity contribution in [2.24, 2.45) is 0 Å². The summed E-state index contributed by atoms with van der Waals surface area (Å²) in [5.41, 5.74) is 2.13. The number of hydrogen-bond donors (Lipinski definition) is 0. The summed E-state index contributed by atoms with van der Waals surface area (Å²) in [5.74, 6) is 0.119. The molecular formula is C15H19N3OS2. The monoisotopic (exact) mass is 321 g/mol. The standard InChI is InChI=1S/C15H19N3OS2/c1-10-5-7-13(8-6-10)20-12(3)15(19)18(4)9-14-11(2)16-17-21-14/h5-8,12H,9H2,1-4H3/t12-/m1/s1. The third-order valence-corrected chi connectivity index (χ3v) is 5.09. The van der Waals surface area contributed by atoms with Crippen LogP contribution in [0.25, 0.3) is 0 Å². The van der Waals surface area contributed by atoms with Gasteiger partial charge in [-0.25, -0.2) is 0 Å². The summed E-state index contributed by atoms with van der Waals surface area (Å²) >= 11 is 2.94. The molecular weight excluding hydrogens is 302 g/mol. The molecule has 0 aliphatic rings. The minimum Gasteiger partial charge on any atom is -0.340 e. The lowest BCUT2D eigenvalue weighted by molar-refractivity contribution is -0.129. The van der Waals surface area contributed by atoms with Gasteiger partial charge in [0.2, 0.25) is 5.91 Å². The summed E-state index contributed by atoms with van der Waals surface area (Å²) in [6.07, 6.45) is 0. The lowest BCUT2D eigenvalue weighted by Crippen LogP contribution is -2.32. The second kappa shape index (κ2) is 7.04. The van der Waals surface area contributed by atoms with Gasteiger partial charge in [0.25, 0.3) is 0 Å². The largest absolute Gasteiger partial charge is 0.340 e. The summed E-state index contributed by atoms with van der Waals surface area (Å²) < 4.78 is 3.90.